The van der Waals surface area contributed by atoms with Gasteiger partial charge in [0.15, 0.2) is 0 Å². The van der Waals surface area contributed by atoms with E-state index in [2.05, 4.69) is 15.9 Å². The first kappa shape index (κ1) is 13.8. The van der Waals surface area contributed by atoms with Gasteiger partial charge in [-0.3, -0.25) is 9.09 Å². The molecule has 0 spiro atoms. The molecule has 3 nitrogen and oxygen atoms in total. The summed E-state index contributed by atoms with van der Waals surface area (Å²) in [6.07, 6.45) is 0. The van der Waals surface area contributed by atoms with Crippen LogP contribution in [0.25, 0.3) is 0 Å². The molecule has 0 radical (unpaired) electrons. The van der Waals surface area contributed by atoms with Gasteiger partial charge in [-0.25, -0.2) is 4.39 Å². The molecule has 0 fully saturated rings. The molecule has 0 saturated carbocycles. The Morgan fingerprint density at radius 3 is 2.69 bits per heavy atom. The molecule has 16 heavy (non-hydrogen) atoms. The fraction of sp³-hybridized carbons (Fsp3) is 0.400. The third kappa shape index (κ3) is 3.39. The smallest absolute Gasteiger partial charge is 0.317 e. The fourth-order valence-electron chi connectivity index (χ4n) is 1.39. The first-order valence-corrected chi connectivity index (χ1v) is 7.02. The lowest BCUT2D eigenvalue weighted by molar-refractivity contribution is 0.0983. The molecule has 1 unspecified atom stereocenters. The second-order valence-corrected chi connectivity index (χ2v) is 5.12. The van der Waals surface area contributed by atoms with E-state index in [4.69, 9.17) is 9.42 Å². The highest BCUT2D eigenvalue weighted by Crippen LogP contribution is 2.35. The molecule has 0 bridgehead atoms. The van der Waals surface area contributed by atoms with E-state index in [0.29, 0.717) is 5.33 Å². The standard InChI is InChI=1S/C10H13BrFO3P/c1-10(2,15-16(13)14)8-5-7(6-11)3-4-9(8)12/h3-5,16H,6H2,1-2H3,(H,13,14). The maximum Gasteiger partial charge on any atom is 0.317 e. The molecule has 1 atom stereocenters. The minimum absolute atomic E-state index is 0.275. The summed E-state index contributed by atoms with van der Waals surface area (Å²) in [5.74, 6) is -0.446. The van der Waals surface area contributed by atoms with Gasteiger partial charge in [0.25, 0.3) is 0 Å². The van der Waals surface area contributed by atoms with Gasteiger partial charge >= 0.3 is 8.25 Å². The highest BCUT2D eigenvalue weighted by atomic mass is 79.9. The molecule has 0 aliphatic rings. The Morgan fingerprint density at radius 1 is 1.56 bits per heavy atom. The van der Waals surface area contributed by atoms with Gasteiger partial charge in [0.05, 0.1) is 5.60 Å². The molecule has 1 rings (SSSR count). The molecule has 6 heteroatoms. The zero-order valence-electron chi connectivity index (χ0n) is 8.96. The Labute approximate surface area is 103 Å². The van der Waals surface area contributed by atoms with E-state index >= 15 is 0 Å². The maximum atomic E-state index is 13.6. The summed E-state index contributed by atoms with van der Waals surface area (Å²) in [7, 11) is -3.10. The van der Waals surface area contributed by atoms with Gasteiger partial charge in [-0.05, 0) is 31.5 Å². The number of rotatable bonds is 4. The Kier molecular flexibility index (Phi) is 4.68. The number of hydrogen-bond acceptors (Lipinski definition) is 2. The molecule has 1 aromatic rings. The molecule has 1 aromatic carbocycles. The molecule has 0 heterocycles. The van der Waals surface area contributed by atoms with E-state index in [-0.39, 0.29) is 5.56 Å². The molecule has 0 aliphatic heterocycles. The number of hydrogen-bond donors (Lipinski definition) is 1. The predicted octanol–water partition coefficient (Wildman–Crippen LogP) is 3.35. The maximum absolute atomic E-state index is 13.6. The summed E-state index contributed by atoms with van der Waals surface area (Å²) < 4.78 is 29.1. The fourth-order valence-corrected chi connectivity index (χ4v) is 2.29. The van der Waals surface area contributed by atoms with Gasteiger partial charge in [0.2, 0.25) is 0 Å². The summed E-state index contributed by atoms with van der Waals surface area (Å²) in [6.45, 7) is 3.12. The highest BCUT2D eigenvalue weighted by molar-refractivity contribution is 9.08. The number of halogens is 2. The lowest BCUT2D eigenvalue weighted by Gasteiger charge is -2.24. The van der Waals surface area contributed by atoms with E-state index < -0.39 is 19.7 Å². The summed E-state index contributed by atoms with van der Waals surface area (Å²) >= 11 is 3.27. The minimum atomic E-state index is -3.10. The van der Waals surface area contributed by atoms with Crippen molar-refractivity contribution in [1.29, 1.82) is 0 Å². The Balaban J connectivity index is 3.14. The Morgan fingerprint density at radius 2 is 2.19 bits per heavy atom. The van der Waals surface area contributed by atoms with Crippen LogP contribution < -0.4 is 0 Å². The van der Waals surface area contributed by atoms with Gasteiger partial charge in [-0.2, -0.15) is 0 Å². The number of alkyl halides is 1. The van der Waals surface area contributed by atoms with E-state index in [1.165, 1.54) is 6.07 Å². The van der Waals surface area contributed by atoms with E-state index in [9.17, 15) is 8.96 Å². The van der Waals surface area contributed by atoms with Crippen LogP contribution in [0.15, 0.2) is 18.2 Å². The Bertz CT molecular complexity index is 409. The SMILES string of the molecule is CC(C)(O[PH](=O)O)c1cc(CBr)ccc1F. The van der Waals surface area contributed by atoms with Crippen LogP contribution in [0.5, 0.6) is 0 Å². The van der Waals surface area contributed by atoms with Crippen LogP contribution in [0.4, 0.5) is 4.39 Å². The van der Waals surface area contributed by atoms with Crippen LogP contribution in [-0.2, 0) is 20.0 Å². The van der Waals surface area contributed by atoms with Crippen molar-refractivity contribution < 1.29 is 18.4 Å². The zero-order valence-corrected chi connectivity index (χ0v) is 11.5. The first-order chi connectivity index (χ1) is 7.36. The van der Waals surface area contributed by atoms with Crippen molar-refractivity contribution in [3.05, 3.63) is 35.1 Å². The number of benzene rings is 1. The van der Waals surface area contributed by atoms with Crippen LogP contribution in [-0.4, -0.2) is 4.89 Å². The van der Waals surface area contributed by atoms with E-state index in [1.807, 2.05) is 0 Å². The topological polar surface area (TPSA) is 46.5 Å². The largest absolute Gasteiger partial charge is 0.326 e. The summed E-state index contributed by atoms with van der Waals surface area (Å²) in [5.41, 5.74) is 0.0371. The van der Waals surface area contributed by atoms with E-state index in [0.717, 1.165) is 5.56 Å². The molecule has 1 N–H and O–H groups in total. The normalized spacial score (nSPS) is 13.8. The van der Waals surface area contributed by atoms with Gasteiger partial charge in [-0.1, -0.05) is 22.0 Å². The quantitative estimate of drug-likeness (QED) is 0.685. The van der Waals surface area contributed by atoms with Crippen molar-refractivity contribution in [3.63, 3.8) is 0 Å². The third-order valence-corrected chi connectivity index (χ3v) is 3.51. The predicted molar refractivity (Wildman–Crippen MR) is 64.4 cm³/mol. The van der Waals surface area contributed by atoms with Crippen LogP contribution in [0.2, 0.25) is 0 Å². The molecular formula is C10H13BrFO3P. The first-order valence-electron chi connectivity index (χ1n) is 4.63. The van der Waals surface area contributed by atoms with Gasteiger partial charge in [0.1, 0.15) is 5.82 Å². The highest BCUT2D eigenvalue weighted by Gasteiger charge is 2.27. The summed E-state index contributed by atoms with van der Waals surface area (Å²) in [5, 5.41) is 0.588. The molecule has 90 valence electrons. The van der Waals surface area contributed by atoms with Crippen LogP contribution in [0, 0.1) is 5.82 Å². The lowest BCUT2D eigenvalue weighted by Crippen LogP contribution is -2.20. The van der Waals surface area contributed by atoms with Gasteiger partial charge in [-0.15, -0.1) is 0 Å². The molecule has 0 amide bonds. The Hall–Kier alpha value is -0.220. The van der Waals surface area contributed by atoms with Crippen molar-refractivity contribution in [2.75, 3.05) is 0 Å². The second-order valence-electron chi connectivity index (χ2n) is 3.83. The average Bonchev–Trinajstić information content (AvgIpc) is 2.16. The van der Waals surface area contributed by atoms with Crippen molar-refractivity contribution in [1.82, 2.24) is 0 Å². The van der Waals surface area contributed by atoms with Crippen LogP contribution in [0.3, 0.4) is 0 Å². The van der Waals surface area contributed by atoms with Crippen molar-refractivity contribution in [2.45, 2.75) is 24.8 Å². The lowest BCUT2D eigenvalue weighted by atomic mass is 9.96. The average molecular weight is 311 g/mol. The van der Waals surface area contributed by atoms with Crippen molar-refractivity contribution in [2.24, 2.45) is 0 Å². The summed E-state index contributed by atoms with van der Waals surface area (Å²) in [6, 6.07) is 4.59. The monoisotopic (exact) mass is 310 g/mol. The van der Waals surface area contributed by atoms with Crippen LogP contribution in [0.1, 0.15) is 25.0 Å². The minimum Gasteiger partial charge on any atom is -0.326 e. The van der Waals surface area contributed by atoms with Crippen LogP contribution >= 0.6 is 24.2 Å². The van der Waals surface area contributed by atoms with Crippen molar-refractivity contribution >= 4 is 24.2 Å². The third-order valence-electron chi connectivity index (χ3n) is 2.18. The molecule has 0 saturated heterocycles. The van der Waals surface area contributed by atoms with Gasteiger partial charge < -0.3 is 4.89 Å². The van der Waals surface area contributed by atoms with Gasteiger partial charge in [0, 0.05) is 10.9 Å². The van der Waals surface area contributed by atoms with Crippen molar-refractivity contribution in [3.8, 4) is 0 Å². The molecule has 0 aliphatic carbocycles. The molecular weight excluding hydrogens is 298 g/mol. The van der Waals surface area contributed by atoms with E-state index in [1.54, 1.807) is 26.0 Å². The second kappa shape index (κ2) is 5.41. The molecule has 0 aromatic heterocycles. The zero-order chi connectivity index (χ0) is 12.3. The summed E-state index contributed by atoms with van der Waals surface area (Å²) in [4.78, 5) is 8.76.